The van der Waals surface area contributed by atoms with E-state index in [-0.39, 0.29) is 0 Å². The molecule has 0 bridgehead atoms. The van der Waals surface area contributed by atoms with Gasteiger partial charge in [-0.3, -0.25) is 0 Å². The van der Waals surface area contributed by atoms with E-state index >= 15 is 0 Å². The standard InChI is InChI=1S/C11H13N3O2/c12-5-9-1-3-14-11(10(9)13)16-7-8-2-4-15-6-8/h1,3,8H,2,4,6-7,13H2. The molecule has 16 heavy (non-hydrogen) atoms. The van der Waals surface area contributed by atoms with Crippen LogP contribution in [0, 0.1) is 17.2 Å². The van der Waals surface area contributed by atoms with Crippen molar-refractivity contribution >= 4 is 5.69 Å². The molecule has 1 aromatic rings. The van der Waals surface area contributed by atoms with Gasteiger partial charge in [0.2, 0.25) is 5.88 Å². The molecule has 2 rings (SSSR count). The molecule has 5 nitrogen and oxygen atoms in total. The lowest BCUT2D eigenvalue weighted by Crippen LogP contribution is -2.13. The van der Waals surface area contributed by atoms with Crippen LogP contribution in [0.3, 0.4) is 0 Å². The van der Waals surface area contributed by atoms with E-state index in [1.807, 2.05) is 6.07 Å². The molecule has 1 atom stereocenters. The minimum absolute atomic E-state index is 0.309. The van der Waals surface area contributed by atoms with Gasteiger partial charge in [0.25, 0.3) is 0 Å². The highest BCUT2D eigenvalue weighted by Gasteiger charge is 2.17. The van der Waals surface area contributed by atoms with Gasteiger partial charge in [0.1, 0.15) is 11.8 Å². The van der Waals surface area contributed by atoms with Crippen LogP contribution >= 0.6 is 0 Å². The Morgan fingerprint density at radius 1 is 1.69 bits per heavy atom. The predicted molar refractivity (Wildman–Crippen MR) is 57.8 cm³/mol. The summed E-state index contributed by atoms with van der Waals surface area (Å²) in [4.78, 5) is 4.01. The first-order chi connectivity index (χ1) is 7.81. The topological polar surface area (TPSA) is 81.2 Å². The van der Waals surface area contributed by atoms with Gasteiger partial charge in [-0.25, -0.2) is 4.98 Å². The van der Waals surface area contributed by atoms with Crippen molar-refractivity contribution in [1.82, 2.24) is 4.98 Å². The van der Waals surface area contributed by atoms with Gasteiger partial charge in [-0.15, -0.1) is 0 Å². The zero-order valence-electron chi connectivity index (χ0n) is 8.85. The predicted octanol–water partition coefficient (Wildman–Crippen LogP) is 0.951. The summed E-state index contributed by atoms with van der Waals surface area (Å²) in [6.45, 7) is 2.04. The molecule has 1 aromatic heterocycles. The molecule has 1 unspecified atom stereocenters. The third-order valence-corrected chi connectivity index (χ3v) is 2.55. The maximum atomic E-state index is 8.79. The number of ether oxygens (including phenoxy) is 2. The zero-order chi connectivity index (χ0) is 11.4. The summed E-state index contributed by atoms with van der Waals surface area (Å²) in [7, 11) is 0. The molecule has 0 saturated carbocycles. The van der Waals surface area contributed by atoms with Crippen LogP contribution in [-0.2, 0) is 4.74 Å². The van der Waals surface area contributed by atoms with Crippen molar-refractivity contribution in [2.45, 2.75) is 6.42 Å². The molecule has 1 fully saturated rings. The molecule has 2 N–H and O–H groups in total. The van der Waals surface area contributed by atoms with E-state index in [1.54, 1.807) is 6.07 Å². The zero-order valence-corrected chi connectivity index (χ0v) is 8.85. The maximum absolute atomic E-state index is 8.79. The Morgan fingerprint density at radius 2 is 2.56 bits per heavy atom. The maximum Gasteiger partial charge on any atom is 0.238 e. The van der Waals surface area contributed by atoms with Crippen LogP contribution in [0.15, 0.2) is 12.3 Å². The number of rotatable bonds is 3. The van der Waals surface area contributed by atoms with Gasteiger partial charge in [-0.05, 0) is 12.5 Å². The van der Waals surface area contributed by atoms with Crippen molar-refractivity contribution < 1.29 is 9.47 Å². The van der Waals surface area contributed by atoms with E-state index in [0.29, 0.717) is 29.7 Å². The molecule has 0 aromatic carbocycles. The van der Waals surface area contributed by atoms with Gasteiger partial charge in [0.05, 0.1) is 18.8 Å². The second-order valence-electron chi connectivity index (χ2n) is 3.73. The van der Waals surface area contributed by atoms with E-state index in [2.05, 4.69) is 4.98 Å². The molecule has 0 radical (unpaired) electrons. The molecule has 1 aliphatic heterocycles. The van der Waals surface area contributed by atoms with Crippen molar-refractivity contribution in [1.29, 1.82) is 5.26 Å². The number of nitrogen functional groups attached to an aromatic ring is 1. The Labute approximate surface area is 93.8 Å². The second kappa shape index (κ2) is 4.81. The van der Waals surface area contributed by atoms with Crippen molar-refractivity contribution in [3.63, 3.8) is 0 Å². The average Bonchev–Trinajstić information content (AvgIpc) is 2.81. The minimum Gasteiger partial charge on any atom is -0.476 e. The number of nitrogens with zero attached hydrogens (tertiary/aromatic N) is 2. The molecule has 0 spiro atoms. The van der Waals surface area contributed by atoms with Gasteiger partial charge in [-0.2, -0.15) is 5.26 Å². The first-order valence-electron chi connectivity index (χ1n) is 5.16. The van der Waals surface area contributed by atoms with Crippen LogP contribution < -0.4 is 10.5 Å². The van der Waals surface area contributed by atoms with Gasteiger partial charge in [-0.1, -0.05) is 0 Å². The van der Waals surface area contributed by atoms with E-state index in [1.165, 1.54) is 6.20 Å². The molecule has 2 heterocycles. The Kier molecular flexibility index (Phi) is 3.22. The first-order valence-corrected chi connectivity index (χ1v) is 5.16. The molecular weight excluding hydrogens is 206 g/mol. The highest BCUT2D eigenvalue weighted by molar-refractivity contribution is 5.59. The Bertz CT molecular complexity index is 408. The van der Waals surface area contributed by atoms with E-state index in [9.17, 15) is 0 Å². The number of nitrogens with two attached hydrogens (primary N) is 1. The molecule has 0 amide bonds. The third kappa shape index (κ3) is 2.23. The smallest absolute Gasteiger partial charge is 0.238 e. The fourth-order valence-corrected chi connectivity index (χ4v) is 1.58. The fraction of sp³-hybridized carbons (Fsp3) is 0.455. The fourth-order valence-electron chi connectivity index (χ4n) is 1.58. The summed E-state index contributed by atoms with van der Waals surface area (Å²) in [5.74, 6) is 0.734. The highest BCUT2D eigenvalue weighted by Crippen LogP contribution is 2.23. The summed E-state index contributed by atoms with van der Waals surface area (Å²) in [5, 5.41) is 8.79. The van der Waals surface area contributed by atoms with Crippen LogP contribution in [0.25, 0.3) is 0 Å². The van der Waals surface area contributed by atoms with Crippen LogP contribution in [-0.4, -0.2) is 24.8 Å². The summed E-state index contributed by atoms with van der Waals surface area (Å²) in [6, 6.07) is 3.56. The van der Waals surface area contributed by atoms with E-state index in [4.69, 9.17) is 20.5 Å². The van der Waals surface area contributed by atoms with Crippen molar-refractivity contribution in [2.75, 3.05) is 25.6 Å². The first kappa shape index (κ1) is 10.7. The minimum atomic E-state index is 0.309. The van der Waals surface area contributed by atoms with Gasteiger partial charge in [0, 0.05) is 18.7 Å². The van der Waals surface area contributed by atoms with Crippen molar-refractivity contribution in [3.05, 3.63) is 17.8 Å². The molecule has 1 aliphatic rings. The number of aromatic nitrogens is 1. The molecule has 1 saturated heterocycles. The number of anilines is 1. The second-order valence-corrected chi connectivity index (χ2v) is 3.73. The molecule has 84 valence electrons. The summed E-state index contributed by atoms with van der Waals surface area (Å²) in [5.41, 5.74) is 6.44. The van der Waals surface area contributed by atoms with Crippen LogP contribution in [0.1, 0.15) is 12.0 Å². The quantitative estimate of drug-likeness (QED) is 0.818. The molecular formula is C11H13N3O2. The van der Waals surface area contributed by atoms with E-state index < -0.39 is 0 Å². The molecule has 5 heteroatoms. The Hall–Kier alpha value is -1.80. The molecule has 0 aliphatic carbocycles. The monoisotopic (exact) mass is 219 g/mol. The summed E-state index contributed by atoms with van der Waals surface area (Å²) >= 11 is 0. The van der Waals surface area contributed by atoms with Crippen LogP contribution in [0.4, 0.5) is 5.69 Å². The van der Waals surface area contributed by atoms with Gasteiger partial charge < -0.3 is 15.2 Å². The SMILES string of the molecule is N#Cc1ccnc(OCC2CCOC2)c1N. The van der Waals surface area contributed by atoms with Gasteiger partial charge in [0.15, 0.2) is 0 Å². The lowest BCUT2D eigenvalue weighted by Gasteiger charge is -2.11. The van der Waals surface area contributed by atoms with Crippen molar-refractivity contribution in [3.8, 4) is 11.9 Å². The third-order valence-electron chi connectivity index (χ3n) is 2.55. The average molecular weight is 219 g/mol. The Balaban J connectivity index is 2.01. The Morgan fingerprint density at radius 3 is 3.25 bits per heavy atom. The normalized spacial score (nSPS) is 19.3. The number of hydrogen-bond donors (Lipinski definition) is 1. The lowest BCUT2D eigenvalue weighted by atomic mass is 10.1. The van der Waals surface area contributed by atoms with Crippen molar-refractivity contribution in [2.24, 2.45) is 5.92 Å². The largest absolute Gasteiger partial charge is 0.476 e. The summed E-state index contributed by atoms with van der Waals surface area (Å²) in [6.07, 6.45) is 2.52. The number of hydrogen-bond acceptors (Lipinski definition) is 5. The van der Waals surface area contributed by atoms with Crippen LogP contribution in [0.5, 0.6) is 5.88 Å². The lowest BCUT2D eigenvalue weighted by molar-refractivity contribution is 0.166. The van der Waals surface area contributed by atoms with Gasteiger partial charge >= 0.3 is 0 Å². The van der Waals surface area contributed by atoms with E-state index in [0.717, 1.165) is 19.6 Å². The highest BCUT2D eigenvalue weighted by atomic mass is 16.5. The summed E-state index contributed by atoms with van der Waals surface area (Å²) < 4.78 is 10.7. The van der Waals surface area contributed by atoms with Crippen LogP contribution in [0.2, 0.25) is 0 Å². The number of nitriles is 1. The number of pyridine rings is 1.